The highest BCUT2D eigenvalue weighted by Gasteiger charge is 2.30. The van der Waals surface area contributed by atoms with Crippen LogP contribution in [0.2, 0.25) is 48.4 Å². The molecule has 0 amide bonds. The van der Waals surface area contributed by atoms with Gasteiger partial charge in [0.2, 0.25) is 0 Å². The normalized spacial score (nSPS) is 12.6. The molecule has 0 aliphatic rings. The average Bonchev–Trinajstić information content (AvgIpc) is 2.69. The molecule has 0 aromatic carbocycles. The molecule has 0 saturated heterocycles. The van der Waals surface area contributed by atoms with Gasteiger partial charge >= 0.3 is 0 Å². The third-order valence-electron chi connectivity index (χ3n) is 7.12. The lowest BCUT2D eigenvalue weighted by Crippen LogP contribution is -2.34. The maximum absolute atomic E-state index is 4.84. The minimum Gasteiger partial charge on any atom is -0.298 e. The van der Waals surface area contributed by atoms with Crippen LogP contribution in [0.15, 0.2) is 29.3 Å². The van der Waals surface area contributed by atoms with E-state index >= 15 is 0 Å². The molecule has 1 nitrogen and oxygen atoms in total. The molecule has 0 rings (SSSR count). The lowest BCUT2D eigenvalue weighted by molar-refractivity contribution is 0.634. The second-order valence-corrected chi connectivity index (χ2v) is 20.7. The van der Waals surface area contributed by atoms with Gasteiger partial charge in [-0.2, -0.15) is 0 Å². The van der Waals surface area contributed by atoms with Crippen LogP contribution in [0.4, 0.5) is 0 Å². The van der Waals surface area contributed by atoms with Crippen LogP contribution in [0, 0.1) is 0 Å². The highest BCUT2D eigenvalue weighted by molar-refractivity contribution is 6.82. The van der Waals surface area contributed by atoms with E-state index in [9.17, 15) is 0 Å². The van der Waals surface area contributed by atoms with Gasteiger partial charge in [0.05, 0.1) is 16.1 Å². The molecule has 0 aliphatic carbocycles. The molecule has 3 heteroatoms. The van der Waals surface area contributed by atoms with Crippen molar-refractivity contribution >= 4 is 22.4 Å². The Morgan fingerprint density at radius 1 is 0.625 bits per heavy atom. The Hall–Kier alpha value is -0.416. The molecule has 0 aliphatic heterocycles. The van der Waals surface area contributed by atoms with E-state index in [-0.39, 0.29) is 0 Å². The highest BCUT2D eigenvalue weighted by atomic mass is 28.3. The molecule has 0 spiro atoms. The maximum atomic E-state index is 4.84. The van der Waals surface area contributed by atoms with E-state index in [0.717, 1.165) is 6.54 Å². The van der Waals surface area contributed by atoms with Crippen molar-refractivity contribution in [3.05, 3.63) is 24.3 Å². The molecule has 0 radical (unpaired) electrons. The predicted molar refractivity (Wildman–Crippen MR) is 157 cm³/mol. The van der Waals surface area contributed by atoms with Gasteiger partial charge in [-0.3, -0.25) is 4.99 Å². The first kappa shape index (κ1) is 31.6. The standard InChI is InChI=1S/C29H59NSi2/c1-9-20-31(21-10-2,26-28(5)6)24-17-15-13-14-16-18-30-19-25-32(22-11-3,23-12-4)27-29(7)8/h19H,5,7,9-18,20-27H2,1-4,6,8H3. The summed E-state index contributed by atoms with van der Waals surface area (Å²) in [5.74, 6) is 0. The van der Waals surface area contributed by atoms with Crippen LogP contribution < -0.4 is 0 Å². The number of unbranched alkanes of at least 4 members (excludes halogenated alkanes) is 4. The van der Waals surface area contributed by atoms with Crippen molar-refractivity contribution in [2.75, 3.05) is 6.54 Å². The molecule has 0 aromatic heterocycles. The van der Waals surface area contributed by atoms with Gasteiger partial charge in [0, 0.05) is 6.54 Å². The topological polar surface area (TPSA) is 12.4 Å². The lowest BCUT2D eigenvalue weighted by atomic mass is 10.1. The largest absolute Gasteiger partial charge is 0.298 e. The summed E-state index contributed by atoms with van der Waals surface area (Å²) in [5, 5.41) is 0. The van der Waals surface area contributed by atoms with E-state index in [1.165, 1.54) is 117 Å². The fourth-order valence-corrected chi connectivity index (χ4v) is 17.0. The fourth-order valence-electron chi connectivity index (χ4n) is 6.20. The zero-order valence-corrected chi connectivity index (χ0v) is 25.2. The minimum absolute atomic E-state index is 1.04. The van der Waals surface area contributed by atoms with Crippen LogP contribution in [-0.4, -0.2) is 28.9 Å². The molecule has 188 valence electrons. The molecule has 0 fully saturated rings. The summed E-state index contributed by atoms with van der Waals surface area (Å²) >= 11 is 0. The summed E-state index contributed by atoms with van der Waals surface area (Å²) in [6, 6.07) is 11.4. The summed E-state index contributed by atoms with van der Waals surface area (Å²) in [6.45, 7) is 23.5. The summed E-state index contributed by atoms with van der Waals surface area (Å²) in [5.41, 5.74) is 2.82. The zero-order valence-electron chi connectivity index (χ0n) is 23.2. The van der Waals surface area contributed by atoms with Gasteiger partial charge in [0.25, 0.3) is 0 Å². The molecular weight excluding hydrogens is 418 g/mol. The number of aliphatic imine (C=N–C) groups is 1. The zero-order chi connectivity index (χ0) is 24.3. The Balaban J connectivity index is 4.30. The smallest absolute Gasteiger partial charge is 0.0629 e. The van der Waals surface area contributed by atoms with Gasteiger partial charge in [0.1, 0.15) is 0 Å². The monoisotopic (exact) mass is 477 g/mol. The first-order valence-corrected chi connectivity index (χ1v) is 19.7. The summed E-state index contributed by atoms with van der Waals surface area (Å²) in [4.78, 5) is 4.84. The maximum Gasteiger partial charge on any atom is 0.0629 e. The number of rotatable bonds is 22. The molecule has 0 saturated carbocycles. The van der Waals surface area contributed by atoms with E-state index in [2.05, 4.69) is 60.9 Å². The first-order chi connectivity index (χ1) is 15.3. The van der Waals surface area contributed by atoms with Crippen molar-refractivity contribution in [3.63, 3.8) is 0 Å². The first-order valence-electron chi connectivity index (χ1n) is 14.1. The summed E-state index contributed by atoms with van der Waals surface area (Å²) in [7, 11) is -2.35. The van der Waals surface area contributed by atoms with Crippen LogP contribution in [-0.2, 0) is 0 Å². The van der Waals surface area contributed by atoms with E-state index in [0.29, 0.717) is 0 Å². The molecular formula is C29H59NSi2. The SMILES string of the molecule is C=C(C)C[Si](CC=NCCCCCCC[Si](CCC)(CCC)CC(=C)C)(CCC)CCC. The van der Waals surface area contributed by atoms with Crippen LogP contribution in [0.3, 0.4) is 0 Å². The second kappa shape index (κ2) is 18.9. The molecule has 0 bridgehead atoms. The van der Waals surface area contributed by atoms with Crippen molar-refractivity contribution in [1.82, 2.24) is 0 Å². The Kier molecular flexibility index (Phi) is 18.7. The van der Waals surface area contributed by atoms with E-state index in [4.69, 9.17) is 4.99 Å². The molecule has 0 heterocycles. The highest BCUT2D eigenvalue weighted by Crippen LogP contribution is 2.34. The van der Waals surface area contributed by atoms with Crippen LogP contribution in [0.5, 0.6) is 0 Å². The Labute approximate surface area is 205 Å². The number of allylic oxidation sites excluding steroid dienone is 2. The number of hydrogen-bond acceptors (Lipinski definition) is 1. The quantitative estimate of drug-likeness (QED) is 0.0636. The Morgan fingerprint density at radius 3 is 1.56 bits per heavy atom. The average molecular weight is 478 g/mol. The van der Waals surface area contributed by atoms with Gasteiger partial charge in [-0.05, 0) is 44.6 Å². The lowest BCUT2D eigenvalue weighted by Gasteiger charge is -2.32. The predicted octanol–water partition coefficient (Wildman–Crippen LogP) is 10.7. The minimum atomic E-state index is -1.24. The Morgan fingerprint density at radius 2 is 1.06 bits per heavy atom. The van der Waals surface area contributed by atoms with E-state index < -0.39 is 16.1 Å². The van der Waals surface area contributed by atoms with Crippen molar-refractivity contribution in [2.24, 2.45) is 4.99 Å². The van der Waals surface area contributed by atoms with Gasteiger partial charge in [-0.15, -0.1) is 13.2 Å². The third-order valence-corrected chi connectivity index (χ3v) is 18.5. The van der Waals surface area contributed by atoms with Crippen molar-refractivity contribution in [2.45, 2.75) is 148 Å². The van der Waals surface area contributed by atoms with Crippen molar-refractivity contribution in [1.29, 1.82) is 0 Å². The molecule has 0 atom stereocenters. The summed E-state index contributed by atoms with van der Waals surface area (Å²) < 4.78 is 0. The van der Waals surface area contributed by atoms with Crippen LogP contribution >= 0.6 is 0 Å². The van der Waals surface area contributed by atoms with Gasteiger partial charge in [0.15, 0.2) is 0 Å². The molecule has 0 N–H and O–H groups in total. The van der Waals surface area contributed by atoms with Gasteiger partial charge in [-0.25, -0.2) is 0 Å². The molecule has 0 unspecified atom stereocenters. The van der Waals surface area contributed by atoms with Gasteiger partial charge in [-0.1, -0.05) is 120 Å². The van der Waals surface area contributed by atoms with Crippen molar-refractivity contribution < 1.29 is 0 Å². The van der Waals surface area contributed by atoms with Crippen LogP contribution in [0.1, 0.15) is 99.3 Å². The number of hydrogen-bond donors (Lipinski definition) is 0. The second-order valence-electron chi connectivity index (χ2n) is 11.1. The van der Waals surface area contributed by atoms with E-state index in [1.54, 1.807) is 0 Å². The fraction of sp³-hybridized carbons (Fsp3) is 0.828. The number of nitrogens with zero attached hydrogens (tertiary/aromatic N) is 1. The third kappa shape index (κ3) is 14.7. The van der Waals surface area contributed by atoms with E-state index in [1.807, 2.05) is 0 Å². The van der Waals surface area contributed by atoms with Crippen LogP contribution in [0.25, 0.3) is 0 Å². The molecule has 32 heavy (non-hydrogen) atoms. The molecule has 0 aromatic rings. The Bertz CT molecular complexity index is 511. The van der Waals surface area contributed by atoms with Gasteiger partial charge < -0.3 is 0 Å². The van der Waals surface area contributed by atoms with Crippen molar-refractivity contribution in [3.8, 4) is 0 Å². The summed E-state index contributed by atoms with van der Waals surface area (Å²) in [6.07, 6.45) is 14.6.